The van der Waals surface area contributed by atoms with E-state index in [1.54, 1.807) is 0 Å². The lowest BCUT2D eigenvalue weighted by atomic mass is 9.63. The molecule has 118 valence electrons. The normalized spacial score (nSPS) is 16.3. The van der Waals surface area contributed by atoms with Gasteiger partial charge in [0.2, 0.25) is 0 Å². The minimum atomic E-state index is -0.334. The van der Waals surface area contributed by atoms with Gasteiger partial charge in [0.15, 0.2) is 0 Å². The zero-order chi connectivity index (χ0) is 16.7. The maximum Gasteiger partial charge on any atom is 0.0748 e. The first-order valence-corrected chi connectivity index (χ1v) is 8.55. The van der Waals surface area contributed by atoms with E-state index in [0.29, 0.717) is 0 Å². The van der Waals surface area contributed by atoms with Gasteiger partial charge in [0.1, 0.15) is 0 Å². The van der Waals surface area contributed by atoms with E-state index >= 15 is 0 Å². The number of hydrogen-bond donors (Lipinski definition) is 1. The smallest absolute Gasteiger partial charge is 0.0748 e. The average Bonchev–Trinajstić information content (AvgIpc) is 3.16. The molecule has 1 heterocycles. The highest BCUT2D eigenvalue weighted by molar-refractivity contribution is 5.77. The molecular formula is C24H17N. The van der Waals surface area contributed by atoms with Crippen LogP contribution < -0.4 is 5.32 Å². The highest BCUT2D eigenvalue weighted by Gasteiger charge is 2.44. The Balaban J connectivity index is 1.95. The Kier molecular flexibility index (Phi) is 3.03. The average molecular weight is 319 g/mol. The van der Waals surface area contributed by atoms with Crippen molar-refractivity contribution in [2.45, 2.75) is 5.41 Å². The van der Waals surface area contributed by atoms with Crippen LogP contribution in [0.1, 0.15) is 16.7 Å². The summed E-state index contributed by atoms with van der Waals surface area (Å²) in [5.74, 6) is 0. The van der Waals surface area contributed by atoms with Crippen molar-refractivity contribution in [1.29, 1.82) is 0 Å². The highest BCUT2D eigenvalue weighted by atomic mass is 14.9. The molecule has 1 heteroatoms. The molecule has 0 amide bonds. The van der Waals surface area contributed by atoms with Gasteiger partial charge in [0.05, 0.1) is 11.1 Å². The summed E-state index contributed by atoms with van der Waals surface area (Å²) in [4.78, 5) is 0. The van der Waals surface area contributed by atoms with E-state index < -0.39 is 0 Å². The highest BCUT2D eigenvalue weighted by Crippen LogP contribution is 2.52. The quantitative estimate of drug-likeness (QED) is 0.621. The summed E-state index contributed by atoms with van der Waals surface area (Å²) in [6.45, 7) is 0. The topological polar surface area (TPSA) is 12.0 Å². The number of hydrogen-bond acceptors (Lipinski definition) is 1. The standard InChI is InChI=1S/C24H17N/c1-3-10-18(11-4-1)24(19-12-5-2-6-13-19)20-14-7-8-16-22(20)25-23-17-9-15-21(23)24/h1-8,10-17,25H. The number of allylic oxidation sites excluding steroid dienone is 2. The van der Waals surface area contributed by atoms with E-state index in [1.165, 1.54) is 22.3 Å². The number of fused-ring (bicyclic) bond motifs is 1. The second kappa shape index (κ2) is 5.37. The van der Waals surface area contributed by atoms with Gasteiger partial charge >= 0.3 is 0 Å². The number of benzene rings is 3. The van der Waals surface area contributed by atoms with Crippen molar-refractivity contribution < 1.29 is 0 Å². The molecule has 0 bridgehead atoms. The summed E-state index contributed by atoms with van der Waals surface area (Å²) >= 11 is 0. The predicted octanol–water partition coefficient (Wildman–Crippen LogP) is 5.43. The summed E-state index contributed by atoms with van der Waals surface area (Å²) in [5.41, 5.74) is 10.3. The number of rotatable bonds is 2. The van der Waals surface area contributed by atoms with E-state index in [1.807, 2.05) is 6.08 Å². The lowest BCUT2D eigenvalue weighted by molar-refractivity contribution is 0.732. The van der Waals surface area contributed by atoms with Crippen LogP contribution in [0.3, 0.4) is 0 Å². The van der Waals surface area contributed by atoms with Crippen LogP contribution in [0.2, 0.25) is 0 Å². The Morgan fingerprint density at radius 1 is 0.640 bits per heavy atom. The molecule has 0 aromatic heterocycles. The Morgan fingerprint density at radius 2 is 1.24 bits per heavy atom. The van der Waals surface area contributed by atoms with Gasteiger partial charge in [-0.15, -0.1) is 5.73 Å². The maximum atomic E-state index is 3.58. The first-order valence-electron chi connectivity index (χ1n) is 8.55. The predicted molar refractivity (Wildman–Crippen MR) is 103 cm³/mol. The molecule has 0 saturated carbocycles. The van der Waals surface area contributed by atoms with Crippen molar-refractivity contribution >= 4 is 5.69 Å². The van der Waals surface area contributed by atoms with E-state index in [4.69, 9.17) is 0 Å². The van der Waals surface area contributed by atoms with Crippen LogP contribution in [-0.4, -0.2) is 0 Å². The Hall–Kier alpha value is -3.28. The number of nitrogens with one attached hydrogen (secondary N) is 1. The first kappa shape index (κ1) is 14.1. The van der Waals surface area contributed by atoms with Gasteiger partial charge in [0.25, 0.3) is 0 Å². The van der Waals surface area contributed by atoms with Gasteiger partial charge in [0, 0.05) is 17.3 Å². The van der Waals surface area contributed by atoms with Crippen molar-refractivity contribution in [3.8, 4) is 0 Å². The third kappa shape index (κ3) is 1.91. The fourth-order valence-corrected chi connectivity index (χ4v) is 4.15. The molecule has 0 radical (unpaired) electrons. The zero-order valence-electron chi connectivity index (χ0n) is 13.7. The number of anilines is 1. The van der Waals surface area contributed by atoms with Crippen molar-refractivity contribution in [2.75, 3.05) is 5.32 Å². The van der Waals surface area contributed by atoms with Gasteiger partial charge in [-0.25, -0.2) is 0 Å². The SMILES string of the molecule is C1=CC2=C(C=1)C(c1ccccc1)(c1ccccc1)c1ccccc1N2. The lowest BCUT2D eigenvalue weighted by Crippen LogP contribution is -2.36. The van der Waals surface area contributed by atoms with E-state index in [9.17, 15) is 0 Å². The Morgan fingerprint density at radius 3 is 1.92 bits per heavy atom. The summed E-state index contributed by atoms with van der Waals surface area (Å²) in [7, 11) is 0. The molecule has 1 aliphatic heterocycles. The van der Waals surface area contributed by atoms with Crippen molar-refractivity contribution in [3.63, 3.8) is 0 Å². The third-order valence-electron chi connectivity index (χ3n) is 5.16. The van der Waals surface area contributed by atoms with Crippen molar-refractivity contribution in [2.24, 2.45) is 0 Å². The lowest BCUT2D eigenvalue weighted by Gasteiger charge is -2.41. The molecule has 5 rings (SSSR count). The zero-order valence-corrected chi connectivity index (χ0v) is 13.7. The molecule has 3 aromatic rings. The fraction of sp³-hybridized carbons (Fsp3) is 0.0417. The first-order chi connectivity index (χ1) is 12.4. The summed E-state index contributed by atoms with van der Waals surface area (Å²) < 4.78 is 0. The van der Waals surface area contributed by atoms with Crippen molar-refractivity contribution in [3.05, 3.63) is 131 Å². The molecule has 1 aliphatic carbocycles. The van der Waals surface area contributed by atoms with Gasteiger partial charge < -0.3 is 5.32 Å². The van der Waals surface area contributed by atoms with E-state index in [0.717, 1.165) is 11.4 Å². The Labute approximate surface area is 147 Å². The Bertz CT molecular complexity index is 996. The molecule has 25 heavy (non-hydrogen) atoms. The maximum absolute atomic E-state index is 3.58. The molecule has 0 unspecified atom stereocenters. The molecule has 1 N–H and O–H groups in total. The van der Waals surface area contributed by atoms with Crippen molar-refractivity contribution in [1.82, 2.24) is 0 Å². The van der Waals surface area contributed by atoms with Crippen LogP contribution in [0, 0.1) is 0 Å². The molecule has 3 aromatic carbocycles. The molecule has 0 spiro atoms. The molecule has 0 atom stereocenters. The van der Waals surface area contributed by atoms with E-state index in [-0.39, 0.29) is 5.41 Å². The van der Waals surface area contributed by atoms with Crippen LogP contribution >= 0.6 is 0 Å². The second-order valence-electron chi connectivity index (χ2n) is 6.44. The van der Waals surface area contributed by atoms with Crippen LogP contribution in [0.4, 0.5) is 5.69 Å². The minimum Gasteiger partial charge on any atom is -0.354 e. The van der Waals surface area contributed by atoms with Gasteiger partial charge in [-0.1, -0.05) is 78.9 Å². The van der Waals surface area contributed by atoms with Gasteiger partial charge in [-0.3, -0.25) is 0 Å². The van der Waals surface area contributed by atoms with E-state index in [2.05, 4.69) is 102 Å². The minimum absolute atomic E-state index is 0.334. The van der Waals surface area contributed by atoms with Crippen LogP contribution in [0.15, 0.2) is 114 Å². The van der Waals surface area contributed by atoms with Gasteiger partial charge in [-0.2, -0.15) is 0 Å². The summed E-state index contributed by atoms with van der Waals surface area (Å²) in [5, 5.41) is 3.58. The largest absolute Gasteiger partial charge is 0.354 e. The summed E-state index contributed by atoms with van der Waals surface area (Å²) in [6, 6.07) is 30.2. The molecule has 0 saturated heterocycles. The third-order valence-corrected chi connectivity index (χ3v) is 5.16. The van der Waals surface area contributed by atoms with Crippen LogP contribution in [-0.2, 0) is 5.41 Å². The van der Waals surface area contributed by atoms with Gasteiger partial charge in [-0.05, 0) is 28.8 Å². The molecule has 2 aliphatic rings. The monoisotopic (exact) mass is 319 g/mol. The van der Waals surface area contributed by atoms with Crippen LogP contribution in [0.5, 0.6) is 0 Å². The molecule has 0 fully saturated rings. The molecular weight excluding hydrogens is 302 g/mol. The summed E-state index contributed by atoms with van der Waals surface area (Å²) in [6.07, 6.45) is 4.17. The number of para-hydroxylation sites is 1. The molecule has 1 nitrogen and oxygen atoms in total. The van der Waals surface area contributed by atoms with Crippen LogP contribution in [0.25, 0.3) is 0 Å². The second-order valence-corrected chi connectivity index (χ2v) is 6.44. The fourth-order valence-electron chi connectivity index (χ4n) is 4.15.